The van der Waals surface area contributed by atoms with Gasteiger partial charge in [-0.3, -0.25) is 4.79 Å². The molecule has 0 spiro atoms. The molecule has 0 heterocycles. The van der Waals surface area contributed by atoms with Crippen LogP contribution >= 0.6 is 0 Å². The van der Waals surface area contributed by atoms with Crippen LogP contribution in [-0.4, -0.2) is 18.5 Å². The van der Waals surface area contributed by atoms with Crippen molar-refractivity contribution in [2.75, 3.05) is 11.9 Å². The molecular weight excluding hydrogens is 333 g/mol. The minimum Gasteiger partial charge on any atom is -0.452 e. The largest absolute Gasteiger partial charge is 0.452 e. The van der Waals surface area contributed by atoms with Crippen LogP contribution in [0.2, 0.25) is 0 Å². The number of nitrogens with one attached hydrogen (secondary N) is 1. The number of hydrogen-bond donors (Lipinski definition) is 1. The van der Waals surface area contributed by atoms with Crippen LogP contribution < -0.4 is 5.32 Å². The lowest BCUT2D eigenvalue weighted by atomic mass is 9.99. The molecule has 4 nitrogen and oxygen atoms in total. The molecule has 0 radical (unpaired) electrons. The Labute approximate surface area is 152 Å². The monoisotopic (exact) mass is 355 g/mol. The van der Waals surface area contributed by atoms with Gasteiger partial charge in [0.2, 0.25) is 0 Å². The molecule has 26 heavy (non-hydrogen) atoms. The van der Waals surface area contributed by atoms with Crippen LogP contribution in [0.1, 0.15) is 37.3 Å². The second-order valence-electron chi connectivity index (χ2n) is 5.97. The quantitative estimate of drug-likeness (QED) is 0.586. The lowest BCUT2D eigenvalue weighted by molar-refractivity contribution is -0.142. The van der Waals surface area contributed by atoms with Crippen LogP contribution in [0.4, 0.5) is 10.1 Å². The first-order chi connectivity index (χ1) is 12.5. The van der Waals surface area contributed by atoms with Crippen molar-refractivity contribution >= 4 is 23.6 Å². The van der Waals surface area contributed by atoms with Crippen molar-refractivity contribution in [2.24, 2.45) is 0 Å². The second-order valence-corrected chi connectivity index (χ2v) is 5.97. The van der Waals surface area contributed by atoms with Crippen molar-refractivity contribution in [3.8, 4) is 0 Å². The summed E-state index contributed by atoms with van der Waals surface area (Å²) in [5.74, 6) is -0.936. The van der Waals surface area contributed by atoms with E-state index in [1.165, 1.54) is 42.0 Å². The van der Waals surface area contributed by atoms with E-state index >= 15 is 0 Å². The first-order valence-electron chi connectivity index (χ1n) is 8.48. The summed E-state index contributed by atoms with van der Waals surface area (Å²) in [5, 5.41) is 2.68. The fourth-order valence-electron chi connectivity index (χ4n) is 2.25. The highest BCUT2D eigenvalue weighted by molar-refractivity contribution is 5.94. The molecule has 0 aliphatic rings. The molecule has 0 aliphatic heterocycles. The molecule has 1 atom stereocenters. The standard InChI is InChI=1S/C21H22FNO3/c1-3-15(2)17-7-11-19(12-8-17)23-20(24)14-26-21(25)13-6-16-4-9-18(22)10-5-16/h4-13,15H,3,14H2,1-2H3,(H,23,24)/b13-6+/t15-/m0/s1. The zero-order valence-corrected chi connectivity index (χ0v) is 14.9. The molecule has 2 aromatic carbocycles. The first-order valence-corrected chi connectivity index (χ1v) is 8.48. The summed E-state index contributed by atoms with van der Waals surface area (Å²) in [7, 11) is 0. The van der Waals surface area contributed by atoms with Gasteiger partial charge in [-0.1, -0.05) is 38.1 Å². The van der Waals surface area contributed by atoms with Crippen molar-refractivity contribution in [1.29, 1.82) is 0 Å². The maximum Gasteiger partial charge on any atom is 0.331 e. The molecule has 0 saturated carbocycles. The smallest absolute Gasteiger partial charge is 0.331 e. The third kappa shape index (κ3) is 6.16. The van der Waals surface area contributed by atoms with Gasteiger partial charge in [-0.25, -0.2) is 9.18 Å². The van der Waals surface area contributed by atoms with Gasteiger partial charge in [-0.15, -0.1) is 0 Å². The maximum absolute atomic E-state index is 12.8. The highest BCUT2D eigenvalue weighted by Gasteiger charge is 2.07. The van der Waals surface area contributed by atoms with Gasteiger partial charge in [0.05, 0.1) is 0 Å². The van der Waals surface area contributed by atoms with Crippen molar-refractivity contribution < 1.29 is 18.7 Å². The average Bonchev–Trinajstić information content (AvgIpc) is 2.66. The molecule has 1 N–H and O–H groups in total. The minimum atomic E-state index is -0.642. The molecule has 136 valence electrons. The van der Waals surface area contributed by atoms with Gasteiger partial charge >= 0.3 is 5.97 Å². The number of carbonyl (C=O) groups is 2. The number of amides is 1. The number of ether oxygens (including phenoxy) is 1. The number of carbonyl (C=O) groups excluding carboxylic acids is 2. The summed E-state index contributed by atoms with van der Waals surface area (Å²) in [4.78, 5) is 23.5. The number of esters is 1. The van der Waals surface area contributed by atoms with Gasteiger partial charge in [-0.2, -0.15) is 0 Å². The molecule has 0 fully saturated rings. The topological polar surface area (TPSA) is 55.4 Å². The predicted octanol–water partition coefficient (Wildman–Crippen LogP) is 4.53. The molecule has 0 aliphatic carbocycles. The van der Waals surface area contributed by atoms with Crippen molar-refractivity contribution in [3.05, 3.63) is 71.6 Å². The van der Waals surface area contributed by atoms with E-state index in [1.54, 1.807) is 0 Å². The van der Waals surface area contributed by atoms with E-state index in [0.717, 1.165) is 6.42 Å². The Balaban J connectivity index is 1.79. The Bertz CT molecular complexity index is 767. The Morgan fingerprint density at radius 3 is 2.38 bits per heavy atom. The van der Waals surface area contributed by atoms with E-state index < -0.39 is 11.9 Å². The molecule has 0 unspecified atom stereocenters. The highest BCUT2D eigenvalue weighted by atomic mass is 19.1. The third-order valence-corrected chi connectivity index (χ3v) is 4.00. The van der Waals surface area contributed by atoms with Crippen molar-refractivity contribution in [1.82, 2.24) is 0 Å². The van der Waals surface area contributed by atoms with Gasteiger partial charge in [-0.05, 0) is 53.8 Å². The third-order valence-electron chi connectivity index (χ3n) is 4.00. The van der Waals surface area contributed by atoms with Crippen molar-refractivity contribution in [3.63, 3.8) is 0 Å². The Morgan fingerprint density at radius 2 is 1.77 bits per heavy atom. The zero-order chi connectivity index (χ0) is 18.9. The summed E-state index contributed by atoms with van der Waals surface area (Å²) >= 11 is 0. The Kier molecular flexibility index (Phi) is 7.09. The average molecular weight is 355 g/mol. The van der Waals surface area contributed by atoms with E-state index in [0.29, 0.717) is 17.2 Å². The van der Waals surface area contributed by atoms with Crippen LogP contribution in [0.15, 0.2) is 54.6 Å². The lowest BCUT2D eigenvalue weighted by Gasteiger charge is -2.10. The molecule has 0 saturated heterocycles. The number of halogens is 1. The van der Waals surface area contributed by atoms with Gasteiger partial charge in [0.1, 0.15) is 5.82 Å². The van der Waals surface area contributed by atoms with E-state index in [4.69, 9.17) is 4.74 Å². The Morgan fingerprint density at radius 1 is 1.12 bits per heavy atom. The van der Waals surface area contributed by atoms with Crippen LogP contribution in [0, 0.1) is 5.82 Å². The zero-order valence-electron chi connectivity index (χ0n) is 14.9. The number of anilines is 1. The molecule has 2 rings (SSSR count). The number of rotatable bonds is 7. The maximum atomic E-state index is 12.8. The fourth-order valence-corrected chi connectivity index (χ4v) is 2.25. The molecule has 0 aromatic heterocycles. The molecule has 2 aromatic rings. The summed E-state index contributed by atoms with van der Waals surface area (Å²) in [6.45, 7) is 3.89. The molecule has 5 heteroatoms. The SMILES string of the molecule is CC[C@H](C)c1ccc(NC(=O)COC(=O)/C=C/c2ccc(F)cc2)cc1. The van der Waals surface area contributed by atoms with Gasteiger partial charge in [0.15, 0.2) is 6.61 Å². The summed E-state index contributed by atoms with van der Waals surface area (Å²) in [6.07, 6.45) is 3.74. The number of hydrogen-bond acceptors (Lipinski definition) is 3. The normalized spacial score (nSPS) is 12.0. The van der Waals surface area contributed by atoms with Crippen LogP contribution in [0.3, 0.4) is 0 Å². The van der Waals surface area contributed by atoms with E-state index in [1.807, 2.05) is 24.3 Å². The molecule has 0 bridgehead atoms. The van der Waals surface area contributed by atoms with Gasteiger partial charge in [0.25, 0.3) is 5.91 Å². The second kappa shape index (κ2) is 9.51. The first kappa shape index (κ1) is 19.4. The van der Waals surface area contributed by atoms with Crippen LogP contribution in [0.5, 0.6) is 0 Å². The highest BCUT2D eigenvalue weighted by Crippen LogP contribution is 2.20. The minimum absolute atomic E-state index is 0.349. The molecular formula is C21H22FNO3. The molecule has 1 amide bonds. The summed E-state index contributed by atoms with van der Waals surface area (Å²) in [6, 6.07) is 13.3. The Hall–Kier alpha value is -2.95. The van der Waals surface area contributed by atoms with Gasteiger partial charge in [0, 0.05) is 11.8 Å². The van der Waals surface area contributed by atoms with Gasteiger partial charge < -0.3 is 10.1 Å². The summed E-state index contributed by atoms with van der Waals surface area (Å²) < 4.78 is 17.7. The van der Waals surface area contributed by atoms with E-state index in [9.17, 15) is 14.0 Å². The number of benzene rings is 2. The van der Waals surface area contributed by atoms with Crippen LogP contribution in [-0.2, 0) is 14.3 Å². The summed E-state index contributed by atoms with van der Waals surface area (Å²) in [5.41, 5.74) is 2.53. The predicted molar refractivity (Wildman–Crippen MR) is 100 cm³/mol. The van der Waals surface area contributed by atoms with E-state index in [2.05, 4.69) is 19.2 Å². The fraction of sp³-hybridized carbons (Fsp3) is 0.238. The lowest BCUT2D eigenvalue weighted by Crippen LogP contribution is -2.20. The van der Waals surface area contributed by atoms with Crippen molar-refractivity contribution in [2.45, 2.75) is 26.2 Å². The van der Waals surface area contributed by atoms with Crippen LogP contribution in [0.25, 0.3) is 6.08 Å². The van der Waals surface area contributed by atoms with E-state index in [-0.39, 0.29) is 12.4 Å².